The zero-order valence-electron chi connectivity index (χ0n) is 14.9. The van der Waals surface area contributed by atoms with Crippen LogP contribution in [0.2, 0.25) is 5.02 Å². The van der Waals surface area contributed by atoms with Gasteiger partial charge in [-0.15, -0.1) is 0 Å². The van der Waals surface area contributed by atoms with Crippen molar-refractivity contribution in [2.75, 3.05) is 5.32 Å². The van der Waals surface area contributed by atoms with Gasteiger partial charge in [0.25, 0.3) is 5.91 Å². The maximum Gasteiger partial charge on any atom is 0.410 e. The van der Waals surface area contributed by atoms with Crippen LogP contribution in [0.4, 0.5) is 19.0 Å². The topological polar surface area (TPSA) is 72.1 Å². The van der Waals surface area contributed by atoms with E-state index in [0.29, 0.717) is 10.8 Å². The molecule has 1 amide bonds. The molecule has 10 heteroatoms. The van der Waals surface area contributed by atoms with Gasteiger partial charge in [0.15, 0.2) is 6.04 Å². The Balaban J connectivity index is 1.60. The van der Waals surface area contributed by atoms with Gasteiger partial charge in [0.05, 0.1) is 18.5 Å². The lowest BCUT2D eigenvalue weighted by Crippen LogP contribution is -2.36. The number of aromatic nitrogens is 2. The van der Waals surface area contributed by atoms with Crippen LogP contribution < -0.4 is 10.6 Å². The molecule has 0 unspecified atom stereocenters. The third kappa shape index (κ3) is 3.95. The van der Waals surface area contributed by atoms with Gasteiger partial charge in [0.2, 0.25) is 0 Å². The molecule has 0 spiro atoms. The zero-order chi connectivity index (χ0) is 20.6. The van der Waals surface area contributed by atoms with Crippen molar-refractivity contribution in [2.45, 2.75) is 31.2 Å². The molecule has 0 aliphatic carbocycles. The number of anilines is 1. The Morgan fingerprint density at radius 1 is 1.34 bits per heavy atom. The summed E-state index contributed by atoms with van der Waals surface area (Å²) in [6, 6.07) is 7.51. The smallest absolute Gasteiger partial charge is 0.410 e. The number of hydrogen-bond donors (Lipinski definition) is 2. The summed E-state index contributed by atoms with van der Waals surface area (Å²) in [5, 5.41) is 10.0. The Morgan fingerprint density at radius 2 is 2.17 bits per heavy atom. The maximum atomic E-state index is 13.6. The third-order valence-electron chi connectivity index (χ3n) is 4.71. The van der Waals surface area contributed by atoms with Gasteiger partial charge in [-0.2, -0.15) is 18.3 Å². The van der Waals surface area contributed by atoms with Gasteiger partial charge in [-0.3, -0.25) is 4.79 Å². The first-order chi connectivity index (χ1) is 13.8. The van der Waals surface area contributed by atoms with E-state index in [0.717, 1.165) is 16.4 Å². The van der Waals surface area contributed by atoms with Crippen molar-refractivity contribution in [3.63, 3.8) is 0 Å². The molecule has 1 aliphatic rings. The predicted octanol–water partition coefficient (Wildman–Crippen LogP) is 4.72. The van der Waals surface area contributed by atoms with Crippen LogP contribution >= 0.6 is 11.6 Å². The fraction of sp³-hybridized carbons (Fsp3) is 0.263. The van der Waals surface area contributed by atoms with Gasteiger partial charge in [0, 0.05) is 18.0 Å². The van der Waals surface area contributed by atoms with E-state index in [9.17, 15) is 18.0 Å². The Labute approximate surface area is 168 Å². The molecule has 152 valence electrons. The number of rotatable bonds is 4. The lowest BCUT2D eigenvalue weighted by Gasteiger charge is -2.32. The molecule has 1 aliphatic heterocycles. The molecule has 29 heavy (non-hydrogen) atoms. The molecule has 1 aromatic carbocycles. The second kappa shape index (κ2) is 7.47. The van der Waals surface area contributed by atoms with Crippen LogP contribution in [0.5, 0.6) is 0 Å². The van der Waals surface area contributed by atoms with Gasteiger partial charge >= 0.3 is 6.18 Å². The molecular weight excluding hydrogens is 409 g/mol. The number of alkyl halides is 3. The van der Waals surface area contributed by atoms with Crippen molar-refractivity contribution in [1.29, 1.82) is 0 Å². The van der Waals surface area contributed by atoms with Crippen molar-refractivity contribution in [3.05, 3.63) is 70.8 Å². The van der Waals surface area contributed by atoms with E-state index in [1.807, 2.05) is 0 Å². The minimum Gasteiger partial charge on any atom is -0.467 e. The molecule has 0 saturated heterocycles. The minimum absolute atomic E-state index is 0.00330. The summed E-state index contributed by atoms with van der Waals surface area (Å²) in [4.78, 5) is 12.6. The lowest BCUT2D eigenvalue weighted by molar-refractivity contribution is -0.174. The van der Waals surface area contributed by atoms with Crippen LogP contribution in [0, 0.1) is 0 Å². The number of halogens is 4. The van der Waals surface area contributed by atoms with E-state index < -0.39 is 24.2 Å². The largest absolute Gasteiger partial charge is 0.467 e. The highest BCUT2D eigenvalue weighted by Gasteiger charge is 2.47. The van der Waals surface area contributed by atoms with Crippen molar-refractivity contribution in [3.8, 4) is 0 Å². The molecule has 2 aromatic heterocycles. The van der Waals surface area contributed by atoms with E-state index in [2.05, 4.69) is 15.7 Å². The van der Waals surface area contributed by atoms with E-state index >= 15 is 0 Å². The third-order valence-corrected chi connectivity index (χ3v) is 4.95. The highest BCUT2D eigenvalue weighted by atomic mass is 35.5. The minimum atomic E-state index is -4.53. The summed E-state index contributed by atoms with van der Waals surface area (Å²) >= 11 is 5.93. The Bertz CT molecular complexity index is 1020. The second-order valence-electron chi connectivity index (χ2n) is 6.67. The quantitative estimate of drug-likeness (QED) is 0.635. The molecule has 3 aromatic rings. The maximum absolute atomic E-state index is 13.6. The first-order valence-electron chi connectivity index (χ1n) is 8.79. The van der Waals surface area contributed by atoms with Crippen LogP contribution in [-0.2, 0) is 6.54 Å². The van der Waals surface area contributed by atoms with E-state index in [1.165, 1.54) is 6.26 Å². The molecule has 6 nitrogen and oxygen atoms in total. The molecular formula is C19H16ClF3N4O2. The lowest BCUT2D eigenvalue weighted by atomic mass is 10.0. The normalized spacial score (nSPS) is 18.8. The zero-order valence-corrected chi connectivity index (χ0v) is 15.7. The number of amides is 1. The Kier molecular flexibility index (Phi) is 4.99. The van der Waals surface area contributed by atoms with Gasteiger partial charge in [-0.1, -0.05) is 23.7 Å². The van der Waals surface area contributed by atoms with Crippen molar-refractivity contribution < 1.29 is 22.4 Å². The van der Waals surface area contributed by atoms with Crippen molar-refractivity contribution in [2.24, 2.45) is 0 Å². The number of nitrogens with zero attached hydrogens (tertiary/aromatic N) is 2. The van der Waals surface area contributed by atoms with Crippen LogP contribution in [-0.4, -0.2) is 21.9 Å². The average molecular weight is 425 g/mol. The molecule has 0 bridgehead atoms. The fourth-order valence-corrected chi connectivity index (χ4v) is 3.54. The molecule has 3 heterocycles. The number of benzene rings is 1. The first-order valence-corrected chi connectivity index (χ1v) is 9.17. The van der Waals surface area contributed by atoms with Gasteiger partial charge < -0.3 is 15.1 Å². The van der Waals surface area contributed by atoms with E-state index in [1.54, 1.807) is 36.4 Å². The number of hydrogen-bond acceptors (Lipinski definition) is 4. The van der Waals surface area contributed by atoms with E-state index in [4.69, 9.17) is 16.0 Å². The standard InChI is InChI=1S/C19H16ClF3N4O2/c20-12-4-1-3-11(7-12)9-24-18(28)13-10-25-27-16(19(21,22)23)8-14(26-17(13)27)15-5-2-6-29-15/h1-7,10,14,16,26H,8-9H2,(H,24,28)/t14-,16+/m1/s1. The molecule has 0 saturated carbocycles. The summed E-state index contributed by atoms with van der Waals surface area (Å²) in [5.41, 5.74) is 0.791. The van der Waals surface area contributed by atoms with Crippen molar-refractivity contribution >= 4 is 23.3 Å². The molecule has 0 radical (unpaired) electrons. The van der Waals surface area contributed by atoms with Crippen LogP contribution in [0.1, 0.15) is 40.2 Å². The number of nitrogens with one attached hydrogen (secondary N) is 2. The Morgan fingerprint density at radius 3 is 2.86 bits per heavy atom. The summed E-state index contributed by atoms with van der Waals surface area (Å²) in [7, 11) is 0. The number of carbonyl (C=O) groups is 1. The summed E-state index contributed by atoms with van der Waals surface area (Å²) < 4.78 is 46.9. The van der Waals surface area contributed by atoms with Gasteiger partial charge in [0.1, 0.15) is 17.1 Å². The van der Waals surface area contributed by atoms with Gasteiger partial charge in [-0.25, -0.2) is 4.68 Å². The number of fused-ring (bicyclic) bond motifs is 1. The SMILES string of the molecule is O=C(NCc1cccc(Cl)c1)c1cnn2c1N[C@@H](c1ccco1)C[C@H]2C(F)(F)F. The van der Waals surface area contributed by atoms with Crippen LogP contribution in [0.25, 0.3) is 0 Å². The number of furan rings is 1. The second-order valence-corrected chi connectivity index (χ2v) is 7.11. The first kappa shape index (κ1) is 19.4. The molecule has 4 rings (SSSR count). The van der Waals surface area contributed by atoms with Crippen LogP contribution in [0.3, 0.4) is 0 Å². The Hall–Kier alpha value is -2.94. The van der Waals surface area contributed by atoms with Gasteiger partial charge in [-0.05, 0) is 29.8 Å². The average Bonchev–Trinajstić information content (AvgIpc) is 3.34. The summed E-state index contributed by atoms with van der Waals surface area (Å²) in [6.07, 6.45) is -2.29. The van der Waals surface area contributed by atoms with Crippen LogP contribution in [0.15, 0.2) is 53.3 Å². The highest BCUT2D eigenvalue weighted by molar-refractivity contribution is 6.30. The highest BCUT2D eigenvalue weighted by Crippen LogP contribution is 2.44. The fourth-order valence-electron chi connectivity index (χ4n) is 3.33. The van der Waals surface area contributed by atoms with E-state index in [-0.39, 0.29) is 24.3 Å². The predicted molar refractivity (Wildman–Crippen MR) is 99.6 cm³/mol. The molecule has 2 N–H and O–H groups in total. The van der Waals surface area contributed by atoms with Crippen molar-refractivity contribution in [1.82, 2.24) is 15.1 Å². The molecule has 0 fully saturated rings. The number of carbonyl (C=O) groups excluding carboxylic acids is 1. The summed E-state index contributed by atoms with van der Waals surface area (Å²) in [5.74, 6) is -0.180. The monoisotopic (exact) mass is 424 g/mol. The summed E-state index contributed by atoms with van der Waals surface area (Å²) in [6.45, 7) is 0.175. The molecule has 2 atom stereocenters.